The summed E-state index contributed by atoms with van der Waals surface area (Å²) < 4.78 is 88.9. The Morgan fingerprint density at radius 1 is 1.00 bits per heavy atom. The number of hydrogen-bond acceptors (Lipinski definition) is 5. The van der Waals surface area contributed by atoms with E-state index in [1.807, 2.05) is 6.92 Å². The molecule has 1 aromatic heterocycles. The van der Waals surface area contributed by atoms with Crippen molar-refractivity contribution in [2.75, 3.05) is 0 Å². The molecule has 252 valence electrons. The van der Waals surface area contributed by atoms with Crippen LogP contribution in [0.5, 0.6) is 0 Å². The van der Waals surface area contributed by atoms with Gasteiger partial charge in [-0.25, -0.2) is 13.1 Å². The van der Waals surface area contributed by atoms with Crippen LogP contribution in [0.3, 0.4) is 0 Å². The first-order valence-corrected chi connectivity index (χ1v) is 18.6. The van der Waals surface area contributed by atoms with Gasteiger partial charge in [0.1, 0.15) is 0 Å². The van der Waals surface area contributed by atoms with Gasteiger partial charge in [0.15, 0.2) is 0 Å². The molecule has 1 unspecified atom stereocenters. The predicted octanol–water partition coefficient (Wildman–Crippen LogP) is 5.33. The van der Waals surface area contributed by atoms with Crippen molar-refractivity contribution in [3.8, 4) is 16.8 Å². The summed E-state index contributed by atoms with van der Waals surface area (Å²) in [6.45, 7) is 8.39. The van der Waals surface area contributed by atoms with Gasteiger partial charge in [-0.15, -0.1) is 0 Å². The molecule has 1 heterocycles. The Morgan fingerprint density at radius 2 is 1.70 bits per heavy atom. The average molecular weight is 737 g/mol. The van der Waals surface area contributed by atoms with E-state index in [-0.39, 0.29) is 44.9 Å². The van der Waals surface area contributed by atoms with Crippen molar-refractivity contribution in [1.82, 2.24) is 19.1 Å². The van der Waals surface area contributed by atoms with Gasteiger partial charge < -0.3 is 0 Å². The van der Waals surface area contributed by atoms with Crippen molar-refractivity contribution < 1.29 is 30.8 Å². The Balaban J connectivity index is 1.73. The van der Waals surface area contributed by atoms with Crippen molar-refractivity contribution in [3.05, 3.63) is 93.9 Å². The molecule has 0 spiro atoms. The molecule has 0 amide bonds. The van der Waals surface area contributed by atoms with Crippen LogP contribution in [0.1, 0.15) is 70.8 Å². The van der Waals surface area contributed by atoms with E-state index in [0.29, 0.717) is 21.9 Å². The minimum absolute atomic E-state index is 0.00528. The van der Waals surface area contributed by atoms with Crippen LogP contribution in [0.25, 0.3) is 16.8 Å². The Morgan fingerprint density at radius 3 is 2.32 bits per heavy atom. The van der Waals surface area contributed by atoms with E-state index >= 15 is 4.39 Å². The van der Waals surface area contributed by atoms with E-state index in [4.69, 9.17) is 0 Å². The fourth-order valence-electron chi connectivity index (χ4n) is 5.01. The van der Waals surface area contributed by atoms with Crippen LogP contribution in [-0.4, -0.2) is 48.6 Å². The Labute approximate surface area is 277 Å². The molecule has 4 aromatic rings. The minimum atomic E-state index is -4.80. The van der Waals surface area contributed by atoms with Crippen LogP contribution >= 0.6 is 0 Å². The second-order valence-electron chi connectivity index (χ2n) is 12.1. The molecule has 0 saturated heterocycles. The van der Waals surface area contributed by atoms with Gasteiger partial charge in [-0.3, -0.25) is 0 Å². The topological polar surface area (TPSA) is 103 Å². The van der Waals surface area contributed by atoms with Gasteiger partial charge in [-0.2, -0.15) is 0 Å². The number of sulfonamides is 1. The first kappa shape index (κ1) is 36.3. The van der Waals surface area contributed by atoms with Gasteiger partial charge in [-0.05, 0) is 26.8 Å². The van der Waals surface area contributed by atoms with Crippen molar-refractivity contribution >= 4 is 34.7 Å². The first-order chi connectivity index (χ1) is 21.9. The number of nitrogens with zero attached hydrogens (tertiary/aromatic N) is 3. The van der Waals surface area contributed by atoms with E-state index in [2.05, 4.69) is 9.82 Å². The zero-order valence-electron chi connectivity index (χ0n) is 26.7. The monoisotopic (exact) mass is 736 g/mol. The van der Waals surface area contributed by atoms with Crippen LogP contribution in [0.2, 0.25) is 0 Å². The fourth-order valence-corrected chi connectivity index (χ4v) is 8.76. The Hall–Kier alpha value is -3.54. The summed E-state index contributed by atoms with van der Waals surface area (Å²) in [4.78, 5) is 26.0. The summed E-state index contributed by atoms with van der Waals surface area (Å²) in [7, 11) is -3.96. The van der Waals surface area contributed by atoms with Crippen LogP contribution in [-0.2, 0) is 34.0 Å². The number of aryl methyl sites for hydroxylation is 1. The van der Waals surface area contributed by atoms with Crippen LogP contribution < -0.4 is 14.8 Å². The molecule has 1 atom stereocenters. The molecule has 14 heteroatoms. The zero-order valence-corrected chi connectivity index (χ0v) is 29.6. The summed E-state index contributed by atoms with van der Waals surface area (Å²) >= 11 is -1.41. The molecule has 0 fully saturated rings. The molecular formula is C33H37AsF4N4O4S. The first-order valence-electron chi connectivity index (χ1n) is 15.1. The van der Waals surface area contributed by atoms with Crippen molar-refractivity contribution in [1.29, 1.82) is 0 Å². The van der Waals surface area contributed by atoms with Gasteiger partial charge in [0.05, 0.1) is 4.90 Å². The van der Waals surface area contributed by atoms with Crippen molar-refractivity contribution in [3.63, 3.8) is 0 Å². The van der Waals surface area contributed by atoms with Crippen LogP contribution in [0, 0.1) is 5.82 Å². The van der Waals surface area contributed by atoms with E-state index < -0.39 is 60.2 Å². The summed E-state index contributed by atoms with van der Waals surface area (Å²) in [5.74, 6) is -0.606. The normalized spacial score (nSPS) is 12.7. The molecule has 0 aliphatic heterocycles. The number of alkyl halides is 3. The Bertz CT molecular complexity index is 1950. The van der Waals surface area contributed by atoms with Crippen molar-refractivity contribution in [2.45, 2.75) is 83.5 Å². The molecule has 0 radical (unpaired) electrons. The second-order valence-corrected chi connectivity index (χ2v) is 16.6. The molecule has 8 nitrogen and oxygen atoms in total. The van der Waals surface area contributed by atoms with E-state index in [1.54, 1.807) is 45.9 Å². The average Bonchev–Trinajstić information content (AvgIpc) is 3.29. The van der Waals surface area contributed by atoms with Crippen molar-refractivity contribution in [2.24, 2.45) is 0 Å². The third kappa shape index (κ3) is 8.68. The van der Waals surface area contributed by atoms with E-state index in [9.17, 15) is 31.2 Å². The molecule has 4 rings (SSSR count). The SMILES string of the molecule is CCCCC(=O)[AsH]c1ccc(C(F)(F)F)c(-n2nc(CC)n(Cc3ccc(-c4ccccc4S(=O)(=O)NC(C)(C)C)cc3F)c2=O)c1. The summed E-state index contributed by atoms with van der Waals surface area (Å²) in [6.07, 6.45) is -2.78. The molecular weight excluding hydrogens is 699 g/mol. The molecule has 0 aliphatic carbocycles. The molecule has 0 aliphatic rings. The number of aromatic nitrogens is 3. The van der Waals surface area contributed by atoms with Gasteiger partial charge in [-0.1, -0.05) is 18.2 Å². The van der Waals surface area contributed by atoms with E-state index in [0.717, 1.165) is 23.1 Å². The van der Waals surface area contributed by atoms with Gasteiger partial charge in [0.25, 0.3) is 0 Å². The molecule has 1 N–H and O–H groups in total. The maximum atomic E-state index is 15.6. The number of rotatable bonds is 12. The van der Waals surface area contributed by atoms with Crippen LogP contribution in [0.4, 0.5) is 17.6 Å². The molecule has 0 saturated carbocycles. The van der Waals surface area contributed by atoms with Gasteiger partial charge in [0.2, 0.25) is 10.0 Å². The standard InChI is InChI=1S/C33H37AsF4N4O4S/c1-6-8-13-29(43)34-23-16-17-25(33(36,37)38)27(19-23)42-31(44)41(30(7-2)39-42)20-22-15-14-21(18-26(22)35)24-11-9-10-12-28(24)47(45,46)40-32(3,4)5/h9-12,14-19,34,40H,6-8,13,20H2,1-5H3. The fraction of sp³-hybridized carbons (Fsp3) is 0.364. The summed E-state index contributed by atoms with van der Waals surface area (Å²) in [5.41, 5.74) is -2.61. The van der Waals surface area contributed by atoms with Crippen LogP contribution in [0.15, 0.2) is 70.4 Å². The number of unbranched alkanes of at least 4 members (excludes halogenated alkanes) is 1. The third-order valence-electron chi connectivity index (χ3n) is 7.14. The number of hydrogen-bond donors (Lipinski definition) is 1. The van der Waals surface area contributed by atoms with Gasteiger partial charge in [0, 0.05) is 5.54 Å². The van der Waals surface area contributed by atoms with Gasteiger partial charge >= 0.3 is 200 Å². The second kappa shape index (κ2) is 14.3. The number of halogens is 4. The maximum absolute atomic E-state index is 15.6. The molecule has 0 bridgehead atoms. The zero-order chi connectivity index (χ0) is 34.7. The summed E-state index contributed by atoms with van der Waals surface area (Å²) in [6, 6.07) is 13.6. The number of nitrogens with one attached hydrogen (secondary N) is 1. The summed E-state index contributed by atoms with van der Waals surface area (Å²) in [5, 5.41) is 4.20. The Kier molecular flexibility index (Phi) is 11.0. The molecule has 47 heavy (non-hydrogen) atoms. The van der Waals surface area contributed by atoms with E-state index in [1.165, 1.54) is 30.3 Å². The predicted molar refractivity (Wildman–Crippen MR) is 175 cm³/mol. The number of benzene rings is 3. The molecule has 3 aromatic carbocycles. The third-order valence-corrected chi connectivity index (χ3v) is 11.3. The number of carbonyl (C=O) groups is 1. The quantitative estimate of drug-likeness (QED) is 0.157. The number of carbonyl (C=O) groups excluding carboxylic acids is 1.